The van der Waals surface area contributed by atoms with Crippen LogP contribution in [-0.2, 0) is 4.74 Å². The van der Waals surface area contributed by atoms with E-state index in [0.29, 0.717) is 18.9 Å². The summed E-state index contributed by atoms with van der Waals surface area (Å²) in [4.78, 5) is 12.3. The Labute approximate surface area is 216 Å². The third-order valence-electron chi connectivity index (χ3n) is 5.59. The normalized spacial score (nSPS) is 17.9. The molecule has 0 bridgehead atoms. The molecule has 0 amide bonds. The quantitative estimate of drug-likeness (QED) is 0.402. The maximum atomic E-state index is 5.94. The average molecular weight is 486 g/mol. The summed E-state index contributed by atoms with van der Waals surface area (Å²) < 4.78 is 5.14. The number of benzene rings is 1. The molecule has 1 aliphatic carbocycles. The molecule has 0 unspecified atom stereocenters. The molecule has 0 saturated heterocycles. The lowest BCUT2D eigenvalue weighted by Crippen LogP contribution is -2.28. The summed E-state index contributed by atoms with van der Waals surface area (Å²) >= 11 is 0. The molecular weight excluding hydrogens is 446 g/mol. The molecule has 0 saturated carbocycles. The van der Waals surface area contributed by atoms with Gasteiger partial charge in [0.15, 0.2) is 0 Å². The lowest BCUT2D eigenvalue weighted by Gasteiger charge is -2.33. The van der Waals surface area contributed by atoms with E-state index in [1.807, 2.05) is 18.2 Å². The second-order valence-corrected chi connectivity index (χ2v) is 9.26. The molecule has 1 aliphatic heterocycles. The van der Waals surface area contributed by atoms with Gasteiger partial charge in [-0.1, -0.05) is 50.3 Å². The number of nitrogens with one attached hydrogen (secondary N) is 1. The number of hydrogen-bond donors (Lipinski definition) is 2. The fraction of sp³-hybridized carbons (Fsp3) is 0.333. The molecule has 190 valence electrons. The minimum atomic E-state index is 0.147. The van der Waals surface area contributed by atoms with Crippen molar-refractivity contribution in [2.24, 2.45) is 21.6 Å². The third-order valence-corrected chi connectivity index (χ3v) is 5.59. The van der Waals surface area contributed by atoms with Crippen LogP contribution >= 0.6 is 0 Å². The van der Waals surface area contributed by atoms with Gasteiger partial charge in [-0.3, -0.25) is 4.99 Å². The number of para-hydroxylation sites is 2. The maximum absolute atomic E-state index is 5.94. The van der Waals surface area contributed by atoms with Gasteiger partial charge < -0.3 is 20.7 Å². The van der Waals surface area contributed by atoms with Gasteiger partial charge in [0, 0.05) is 31.5 Å². The van der Waals surface area contributed by atoms with Gasteiger partial charge in [-0.05, 0) is 57.0 Å². The number of nitrogens with zero attached hydrogens (tertiary/aromatic N) is 3. The summed E-state index contributed by atoms with van der Waals surface area (Å²) in [6.07, 6.45) is 16.9. The Balaban J connectivity index is 2.15. The smallest absolute Gasteiger partial charge is 0.0896 e. The summed E-state index contributed by atoms with van der Waals surface area (Å²) in [6.45, 7) is 11.1. The van der Waals surface area contributed by atoms with E-state index in [1.165, 1.54) is 0 Å². The number of fused-ring (bicyclic) bond motifs is 2. The van der Waals surface area contributed by atoms with Crippen LogP contribution in [0.15, 0.2) is 106 Å². The summed E-state index contributed by atoms with van der Waals surface area (Å²) in [5.41, 5.74) is 13.5. The average Bonchev–Trinajstić information content (AvgIpc) is 3.01. The van der Waals surface area contributed by atoms with Crippen molar-refractivity contribution in [2.75, 3.05) is 18.6 Å². The number of hydrogen-bond acceptors (Lipinski definition) is 6. The van der Waals surface area contributed by atoms with E-state index in [0.717, 1.165) is 45.6 Å². The van der Waals surface area contributed by atoms with Crippen LogP contribution in [0.1, 0.15) is 41.0 Å². The minimum Gasteiger partial charge on any atom is -0.403 e. The maximum Gasteiger partial charge on any atom is 0.0896 e. The summed E-state index contributed by atoms with van der Waals surface area (Å²) in [6, 6.07) is 8.40. The van der Waals surface area contributed by atoms with Crippen molar-refractivity contribution in [3.05, 3.63) is 95.8 Å². The highest BCUT2D eigenvalue weighted by Gasteiger charge is 2.28. The molecular formula is C30H39N5O. The minimum absolute atomic E-state index is 0.147. The lowest BCUT2D eigenvalue weighted by molar-refractivity contribution is 0.234. The predicted octanol–water partition coefficient (Wildman–Crippen LogP) is 6.31. The zero-order chi connectivity index (χ0) is 26.1. The highest BCUT2D eigenvalue weighted by molar-refractivity contribution is 6.20. The first kappa shape index (κ1) is 27.0. The molecule has 3 rings (SSSR count). The Morgan fingerprint density at radius 1 is 1.22 bits per heavy atom. The monoisotopic (exact) mass is 485 g/mol. The largest absolute Gasteiger partial charge is 0.403 e. The third kappa shape index (κ3) is 6.73. The number of anilines is 1. The Kier molecular flexibility index (Phi) is 9.65. The zero-order valence-electron chi connectivity index (χ0n) is 22.3. The molecule has 0 spiro atoms. The zero-order valence-corrected chi connectivity index (χ0v) is 22.3. The SMILES string of the molecule is C/C=C(\C=C/C(C)C)N1C2=CCC(=NC(C)C)C(NC(/C=C\COC)=C/N)=CC2=Nc2ccccc21. The van der Waals surface area contributed by atoms with Crippen LogP contribution in [0.25, 0.3) is 0 Å². The topological polar surface area (TPSA) is 75.2 Å². The molecule has 0 aromatic heterocycles. The highest BCUT2D eigenvalue weighted by atomic mass is 16.5. The molecule has 1 aromatic carbocycles. The van der Waals surface area contributed by atoms with E-state index in [1.54, 1.807) is 13.3 Å². The van der Waals surface area contributed by atoms with Gasteiger partial charge in [-0.15, -0.1) is 0 Å². The number of rotatable bonds is 9. The van der Waals surface area contributed by atoms with Crippen LogP contribution in [0.4, 0.5) is 11.4 Å². The summed E-state index contributed by atoms with van der Waals surface area (Å²) in [5.74, 6) is 0.448. The summed E-state index contributed by atoms with van der Waals surface area (Å²) in [7, 11) is 1.66. The second kappa shape index (κ2) is 12.9. The lowest BCUT2D eigenvalue weighted by atomic mass is 10.1. The molecule has 0 fully saturated rings. The first-order chi connectivity index (χ1) is 17.4. The number of methoxy groups -OCH3 is 1. The molecule has 2 aliphatic rings. The van der Waals surface area contributed by atoms with Crippen LogP contribution in [0.5, 0.6) is 0 Å². The van der Waals surface area contributed by atoms with E-state index >= 15 is 0 Å². The molecule has 3 N–H and O–H groups in total. The van der Waals surface area contributed by atoms with Crippen LogP contribution in [0, 0.1) is 5.92 Å². The van der Waals surface area contributed by atoms with E-state index in [4.69, 9.17) is 20.5 Å². The molecule has 36 heavy (non-hydrogen) atoms. The van der Waals surface area contributed by atoms with Crippen molar-refractivity contribution in [1.82, 2.24) is 5.32 Å². The van der Waals surface area contributed by atoms with Gasteiger partial charge >= 0.3 is 0 Å². The highest BCUT2D eigenvalue weighted by Crippen LogP contribution is 2.40. The number of aliphatic imine (C=N–C) groups is 2. The van der Waals surface area contributed by atoms with Crippen LogP contribution in [0.2, 0.25) is 0 Å². The number of ether oxygens (including phenoxy) is 1. The van der Waals surface area contributed by atoms with Gasteiger partial charge in [0.2, 0.25) is 0 Å². The van der Waals surface area contributed by atoms with Gasteiger partial charge in [0.1, 0.15) is 0 Å². The summed E-state index contributed by atoms with van der Waals surface area (Å²) in [5, 5.41) is 3.48. The van der Waals surface area contributed by atoms with E-state index < -0.39 is 0 Å². The molecule has 1 aromatic rings. The van der Waals surface area contributed by atoms with Crippen LogP contribution in [-0.4, -0.2) is 31.2 Å². The Morgan fingerprint density at radius 3 is 2.67 bits per heavy atom. The molecule has 0 atom stereocenters. The first-order valence-electron chi connectivity index (χ1n) is 12.5. The van der Waals surface area contributed by atoms with Crippen molar-refractivity contribution in [3.8, 4) is 0 Å². The standard InChI is InChI=1S/C30H39N5O/c1-7-24(15-14-21(2)3)35-29-13-9-8-12-26(29)34-28-19-27(33-23(20-31)11-10-18-36-6)25(32-22(4)5)16-17-30(28)35/h7-15,17,19-22,33H,16,18,31H2,1-6H3/b11-10-,15-14-,23-20+,24-7+,32-25?. The molecule has 1 heterocycles. The first-order valence-corrected chi connectivity index (χ1v) is 12.5. The van der Waals surface area contributed by atoms with Crippen LogP contribution in [0.3, 0.4) is 0 Å². The van der Waals surface area contributed by atoms with E-state index in [-0.39, 0.29) is 6.04 Å². The van der Waals surface area contributed by atoms with Gasteiger partial charge in [-0.25, -0.2) is 4.99 Å². The van der Waals surface area contributed by atoms with Gasteiger partial charge in [-0.2, -0.15) is 0 Å². The Morgan fingerprint density at radius 2 is 2.00 bits per heavy atom. The number of nitrogens with two attached hydrogens (primary N) is 1. The fourth-order valence-electron chi connectivity index (χ4n) is 3.98. The van der Waals surface area contributed by atoms with Crippen molar-refractivity contribution in [2.45, 2.75) is 47.1 Å². The fourth-order valence-corrected chi connectivity index (χ4v) is 3.98. The van der Waals surface area contributed by atoms with Crippen molar-refractivity contribution in [1.29, 1.82) is 0 Å². The molecule has 6 heteroatoms. The van der Waals surface area contributed by atoms with Crippen molar-refractivity contribution >= 4 is 22.8 Å². The second-order valence-electron chi connectivity index (χ2n) is 9.26. The van der Waals surface area contributed by atoms with Crippen LogP contribution < -0.4 is 16.0 Å². The number of allylic oxidation sites excluding steroid dienone is 7. The van der Waals surface area contributed by atoms with Crippen molar-refractivity contribution in [3.63, 3.8) is 0 Å². The molecule has 0 radical (unpaired) electrons. The van der Waals surface area contributed by atoms with Gasteiger partial charge in [0.05, 0.1) is 46.5 Å². The van der Waals surface area contributed by atoms with Crippen molar-refractivity contribution < 1.29 is 4.74 Å². The molecule has 6 nitrogen and oxygen atoms in total. The predicted molar refractivity (Wildman–Crippen MR) is 154 cm³/mol. The van der Waals surface area contributed by atoms with Gasteiger partial charge in [0.25, 0.3) is 0 Å². The Hall–Kier alpha value is -3.64. The Bertz CT molecular complexity index is 1180. The van der Waals surface area contributed by atoms with E-state index in [2.05, 4.69) is 93.4 Å². The van der Waals surface area contributed by atoms with E-state index in [9.17, 15) is 0 Å².